The fourth-order valence-corrected chi connectivity index (χ4v) is 9.21. The van der Waals surface area contributed by atoms with Gasteiger partial charge in [0.15, 0.2) is 23.3 Å². The van der Waals surface area contributed by atoms with Crippen LogP contribution in [0.4, 0.5) is 70.2 Å². The molecule has 25 heteroatoms. The molecular formula is C43H10Br4F16N4Zn-2. The van der Waals surface area contributed by atoms with Gasteiger partial charge in [-0.1, -0.05) is 5.57 Å². The molecule has 2 N–H and O–H groups in total. The Kier molecular flexibility index (Phi) is 14.3. The summed E-state index contributed by atoms with van der Waals surface area (Å²) in [5.41, 5.74) is -6.35. The molecule has 0 fully saturated rings. The second kappa shape index (κ2) is 19.1. The van der Waals surface area contributed by atoms with Crippen LogP contribution in [0.15, 0.2) is 87.5 Å². The number of nitrogens with zero attached hydrogens (tertiary/aromatic N) is 2. The summed E-state index contributed by atoms with van der Waals surface area (Å²) in [7, 11) is 0. The number of aromatic nitrogens is 1. The van der Waals surface area contributed by atoms with Crippen molar-refractivity contribution in [2.75, 3.05) is 0 Å². The van der Waals surface area contributed by atoms with Crippen molar-refractivity contribution in [3.63, 3.8) is 0 Å². The van der Waals surface area contributed by atoms with Crippen LogP contribution in [-0.4, -0.2) is 20.5 Å². The van der Waals surface area contributed by atoms with Crippen LogP contribution in [0.25, 0.3) is 22.5 Å². The number of aromatic amines is 1. The Morgan fingerprint density at radius 3 is 1.09 bits per heavy atom. The van der Waals surface area contributed by atoms with Gasteiger partial charge in [-0.2, -0.15) is 0 Å². The van der Waals surface area contributed by atoms with Crippen molar-refractivity contribution in [1.82, 2.24) is 4.98 Å². The van der Waals surface area contributed by atoms with E-state index in [-0.39, 0.29) is 17.9 Å². The number of benzene rings is 4. The number of nitrogens with one attached hydrogen (secondary N) is 2. The molecule has 0 radical (unpaired) electrons. The fourth-order valence-electron chi connectivity index (χ4n) is 6.75. The smallest absolute Gasteiger partial charge is 0.203 e. The minimum atomic E-state index is -2.16. The molecule has 0 aliphatic carbocycles. The molecule has 4 nitrogen and oxygen atoms in total. The average molecular weight is 1270 g/mol. The van der Waals surface area contributed by atoms with Crippen LogP contribution < -0.4 is 0 Å². The Hall–Kier alpha value is -4.97. The normalized spacial score (nSPS) is 15.3. The maximum absolute atomic E-state index is 16.0. The van der Waals surface area contributed by atoms with Gasteiger partial charge in [-0.25, -0.2) is 26.3 Å². The molecule has 2 aliphatic rings. The Morgan fingerprint density at radius 1 is 0.456 bits per heavy atom. The molecule has 0 bridgehead atoms. The Morgan fingerprint density at radius 2 is 0.750 bits per heavy atom. The molecule has 7 rings (SSSR count). The third-order valence-corrected chi connectivity index (χ3v) is 14.2. The maximum atomic E-state index is 16.0. The van der Waals surface area contributed by atoms with Crippen LogP contribution in [0.5, 0.6) is 0 Å². The molecule has 0 unspecified atom stereocenters. The van der Waals surface area contributed by atoms with E-state index in [4.69, 9.17) is 12.3 Å². The van der Waals surface area contributed by atoms with Crippen LogP contribution in [0.2, 0.25) is 0 Å². The summed E-state index contributed by atoms with van der Waals surface area (Å²) in [4.78, 5) is 10.5. The summed E-state index contributed by atoms with van der Waals surface area (Å²) < 4.78 is 239. The SMILES string of the molecule is [CH-]=C/C([NH-])=C(C1=N/C(=C(\c2ccc(/C(=C3/C=CC([C](=[Zn])c4c(F)c(F)c(Br)c(F)c4F)=N3)c3c(F)c(F)c(Br)c(F)c3F)[nH]2)c2c(F)c(F)c(Br)c(F)c2F)C=C1)\c1c(F)c(F)c(Br)c(F)c1F. The Balaban J connectivity index is 1.53. The molecule has 1 aromatic heterocycles. The number of allylic oxidation sites excluding steroid dienone is 6. The van der Waals surface area contributed by atoms with Crippen molar-refractivity contribution in [2.45, 2.75) is 0 Å². The quantitative estimate of drug-likeness (QED) is 0.0382. The van der Waals surface area contributed by atoms with Gasteiger partial charge < -0.3 is 5.73 Å². The first-order chi connectivity index (χ1) is 31.9. The monoisotopic (exact) mass is 1270 g/mol. The Bertz CT molecular complexity index is 3290. The van der Waals surface area contributed by atoms with Gasteiger partial charge in [-0.3, -0.25) is 18.4 Å². The van der Waals surface area contributed by atoms with Gasteiger partial charge in [0.25, 0.3) is 0 Å². The first-order valence-corrected chi connectivity index (χ1v) is 22.5. The third-order valence-electron chi connectivity index (χ3n) is 9.91. The van der Waals surface area contributed by atoms with Crippen LogP contribution in [0, 0.1) is 99.7 Å². The number of aliphatic imine (C=N–C) groups is 2. The van der Waals surface area contributed by atoms with Crippen molar-refractivity contribution in [3.05, 3.63) is 217 Å². The van der Waals surface area contributed by atoms with Gasteiger partial charge in [0, 0.05) is 5.56 Å². The molecule has 68 heavy (non-hydrogen) atoms. The van der Waals surface area contributed by atoms with E-state index in [1.807, 2.05) is 0 Å². The summed E-state index contributed by atoms with van der Waals surface area (Å²) in [5, 5.41) is 0. The number of H-pyrrole nitrogens is 1. The van der Waals surface area contributed by atoms with Crippen LogP contribution >= 0.6 is 63.7 Å². The van der Waals surface area contributed by atoms with Gasteiger partial charge >= 0.3 is 290 Å². The van der Waals surface area contributed by atoms with Crippen LogP contribution in [0.3, 0.4) is 0 Å². The fraction of sp³-hybridized carbons (Fsp3) is 0. The van der Waals surface area contributed by atoms with E-state index in [9.17, 15) is 17.6 Å². The molecule has 3 heterocycles. The second-order valence-corrected chi connectivity index (χ2v) is 18.3. The molecule has 4 aromatic carbocycles. The standard InChI is InChI=1S/C43H10Br4F16N4.Zn/c1-2-12(64)18(21-30(50)38(58)25(45)39(59)31(21)51)13-5-6-16(66-13)20(23-34(54)42(62)27(47)43(63)35(23)55)17-8-7-15(67-17)19(22-32(52)40(60)26(46)41(61)33(22)53)14-4-3-10(65-14)9-11-28(48)36(56)24(44)37(57)29(11)49;/h1-8,64,67H;/q-2;/b18-12+,19-14+,20-16+;. The van der Waals surface area contributed by atoms with Crippen molar-refractivity contribution in [3.8, 4) is 0 Å². The summed E-state index contributed by atoms with van der Waals surface area (Å²) in [6.45, 7) is 5.43. The van der Waals surface area contributed by atoms with E-state index >= 15 is 52.7 Å². The number of halogens is 20. The van der Waals surface area contributed by atoms with Crippen molar-refractivity contribution in [2.24, 2.45) is 9.98 Å². The Labute approximate surface area is 412 Å². The van der Waals surface area contributed by atoms with Crippen molar-refractivity contribution >= 4 is 96.0 Å². The van der Waals surface area contributed by atoms with E-state index in [0.717, 1.165) is 36.4 Å². The summed E-state index contributed by atoms with van der Waals surface area (Å²) >= 11 is 9.13. The molecule has 0 saturated heterocycles. The predicted molar refractivity (Wildman–Crippen MR) is 226 cm³/mol. The van der Waals surface area contributed by atoms with E-state index < -0.39 is 194 Å². The zero-order valence-electron chi connectivity index (χ0n) is 32.3. The minimum Gasteiger partial charge on any atom is -0.203 e. The van der Waals surface area contributed by atoms with Gasteiger partial charge in [-0.15, -0.1) is 0 Å². The first kappa shape index (κ1) is 50.9. The predicted octanol–water partition coefficient (Wildman–Crippen LogP) is 15.1. The van der Waals surface area contributed by atoms with E-state index in [2.05, 4.69) is 78.7 Å². The molecule has 0 atom stereocenters. The number of hydrogen-bond acceptors (Lipinski definition) is 2. The van der Waals surface area contributed by atoms with E-state index in [1.165, 1.54) is 0 Å². The molecule has 346 valence electrons. The molecule has 5 aromatic rings. The molecule has 0 amide bonds. The minimum absolute atomic E-state index is 0.325. The van der Waals surface area contributed by atoms with Crippen molar-refractivity contribution in [1.29, 1.82) is 0 Å². The van der Waals surface area contributed by atoms with Crippen LogP contribution in [-0.2, 0) is 17.9 Å². The zero-order valence-corrected chi connectivity index (χ0v) is 41.6. The van der Waals surface area contributed by atoms with Gasteiger partial charge in [0.1, 0.15) is 0 Å². The molecular weight excluding hydrogens is 1260 g/mol. The zero-order chi connectivity index (χ0) is 50.3. The van der Waals surface area contributed by atoms with E-state index in [0.29, 0.717) is 6.08 Å². The van der Waals surface area contributed by atoms with Gasteiger partial charge in [0.2, 0.25) is 0 Å². The summed E-state index contributed by atoms with van der Waals surface area (Å²) in [6, 6.07) is 1.60. The number of rotatable bonds is 9. The molecule has 2 aliphatic heterocycles. The van der Waals surface area contributed by atoms with Gasteiger partial charge in [0.05, 0.1) is 8.95 Å². The second-order valence-electron chi connectivity index (χ2n) is 13.7. The first-order valence-electron chi connectivity index (χ1n) is 17.9. The average Bonchev–Trinajstić information content (AvgIpc) is 4.13. The molecule has 0 spiro atoms. The topological polar surface area (TPSA) is 64.3 Å². The number of hydrogen-bond donors (Lipinski definition) is 1. The molecule has 0 saturated carbocycles. The van der Waals surface area contributed by atoms with Crippen molar-refractivity contribution < 1.29 is 88.1 Å². The van der Waals surface area contributed by atoms with Gasteiger partial charge in [-0.05, 0) is 31.9 Å². The van der Waals surface area contributed by atoms with E-state index in [1.54, 1.807) is 0 Å². The van der Waals surface area contributed by atoms with Crippen LogP contribution in [0.1, 0.15) is 33.6 Å². The summed E-state index contributed by atoms with van der Waals surface area (Å²) in [6.07, 6.45) is 3.69. The summed E-state index contributed by atoms with van der Waals surface area (Å²) in [5.74, 6) is -32.5. The third kappa shape index (κ3) is 8.18.